The molecule has 3 N–H and O–H groups in total. The fourth-order valence-electron chi connectivity index (χ4n) is 2.09. The number of amides is 2. The standard InChI is InChI=1S/C13H16N4O4/c1-2-8-3-4-9(5-11(8)17(20)21)16-13(19)10-6-15-12(18)7-14-10/h3-5,10,14H,2,6-7H2,1H3,(H,15,18)(H,16,19). The number of anilines is 1. The summed E-state index contributed by atoms with van der Waals surface area (Å²) in [7, 11) is 0. The summed E-state index contributed by atoms with van der Waals surface area (Å²) in [5.74, 6) is -0.504. The molecule has 8 nitrogen and oxygen atoms in total. The number of carbonyl (C=O) groups is 2. The smallest absolute Gasteiger partial charge is 0.274 e. The maximum Gasteiger partial charge on any atom is 0.274 e. The van der Waals surface area contributed by atoms with Crippen molar-refractivity contribution in [2.45, 2.75) is 19.4 Å². The minimum Gasteiger partial charge on any atom is -0.353 e. The number of nitro groups is 1. The number of nitrogens with one attached hydrogen (secondary N) is 3. The maximum absolute atomic E-state index is 12.0. The van der Waals surface area contributed by atoms with Crippen LogP contribution in [0.4, 0.5) is 11.4 Å². The van der Waals surface area contributed by atoms with Crippen LogP contribution in [-0.4, -0.2) is 35.9 Å². The van der Waals surface area contributed by atoms with E-state index in [0.29, 0.717) is 17.7 Å². The van der Waals surface area contributed by atoms with Gasteiger partial charge in [-0.1, -0.05) is 13.0 Å². The maximum atomic E-state index is 12.0. The van der Waals surface area contributed by atoms with Gasteiger partial charge < -0.3 is 10.6 Å². The highest BCUT2D eigenvalue weighted by molar-refractivity contribution is 5.96. The molecule has 1 aromatic rings. The molecule has 0 spiro atoms. The second kappa shape index (κ2) is 6.31. The molecular weight excluding hydrogens is 276 g/mol. The lowest BCUT2D eigenvalue weighted by Gasteiger charge is -2.23. The van der Waals surface area contributed by atoms with Gasteiger partial charge in [0.15, 0.2) is 0 Å². The topological polar surface area (TPSA) is 113 Å². The zero-order valence-electron chi connectivity index (χ0n) is 11.5. The van der Waals surface area contributed by atoms with Crippen LogP contribution < -0.4 is 16.0 Å². The summed E-state index contributed by atoms with van der Waals surface area (Å²) < 4.78 is 0. The summed E-state index contributed by atoms with van der Waals surface area (Å²) in [4.78, 5) is 33.5. The zero-order valence-corrected chi connectivity index (χ0v) is 11.5. The van der Waals surface area contributed by atoms with E-state index in [-0.39, 0.29) is 30.6 Å². The summed E-state index contributed by atoms with van der Waals surface area (Å²) in [6.45, 7) is 2.10. The lowest BCUT2D eigenvalue weighted by atomic mass is 10.1. The Bertz CT molecular complexity index is 578. The number of piperazine rings is 1. The quantitative estimate of drug-likeness (QED) is 0.541. The van der Waals surface area contributed by atoms with Crippen LogP contribution in [0.5, 0.6) is 0 Å². The van der Waals surface area contributed by atoms with Gasteiger partial charge in [0, 0.05) is 23.9 Å². The molecular formula is C13H16N4O4. The number of benzene rings is 1. The normalized spacial score (nSPS) is 18.0. The Labute approximate surface area is 121 Å². The molecule has 0 aromatic heterocycles. The number of aryl methyl sites for hydroxylation is 1. The van der Waals surface area contributed by atoms with Crippen molar-refractivity contribution in [1.29, 1.82) is 0 Å². The number of hydrogen-bond acceptors (Lipinski definition) is 5. The van der Waals surface area contributed by atoms with E-state index >= 15 is 0 Å². The lowest BCUT2D eigenvalue weighted by molar-refractivity contribution is -0.385. The van der Waals surface area contributed by atoms with Gasteiger partial charge in [-0.15, -0.1) is 0 Å². The van der Waals surface area contributed by atoms with Gasteiger partial charge in [0.2, 0.25) is 11.8 Å². The van der Waals surface area contributed by atoms with Crippen molar-refractivity contribution in [3.05, 3.63) is 33.9 Å². The fourth-order valence-corrected chi connectivity index (χ4v) is 2.09. The highest BCUT2D eigenvalue weighted by Crippen LogP contribution is 2.23. The number of nitro benzene ring substituents is 1. The molecule has 0 radical (unpaired) electrons. The van der Waals surface area contributed by atoms with E-state index in [2.05, 4.69) is 16.0 Å². The second-order valence-corrected chi connectivity index (χ2v) is 4.68. The third-order valence-corrected chi connectivity index (χ3v) is 3.26. The molecule has 2 rings (SSSR count). The van der Waals surface area contributed by atoms with Crippen LogP contribution in [0.25, 0.3) is 0 Å². The van der Waals surface area contributed by atoms with Gasteiger partial charge >= 0.3 is 0 Å². The molecule has 1 atom stereocenters. The van der Waals surface area contributed by atoms with Crippen LogP contribution in [0.2, 0.25) is 0 Å². The van der Waals surface area contributed by atoms with E-state index < -0.39 is 11.0 Å². The van der Waals surface area contributed by atoms with Gasteiger partial charge in [-0.25, -0.2) is 0 Å². The minimum atomic E-state index is -0.549. The molecule has 1 aromatic carbocycles. The molecule has 21 heavy (non-hydrogen) atoms. The molecule has 1 fully saturated rings. The van der Waals surface area contributed by atoms with Crippen molar-refractivity contribution in [3.63, 3.8) is 0 Å². The molecule has 1 aliphatic heterocycles. The SMILES string of the molecule is CCc1ccc(NC(=O)C2CNC(=O)CN2)cc1[N+](=O)[O-]. The van der Waals surface area contributed by atoms with Gasteiger partial charge in [0.1, 0.15) is 6.04 Å². The Hall–Kier alpha value is -2.48. The summed E-state index contributed by atoms with van der Waals surface area (Å²) in [5, 5.41) is 19.0. The zero-order chi connectivity index (χ0) is 15.4. The van der Waals surface area contributed by atoms with Crippen molar-refractivity contribution in [3.8, 4) is 0 Å². The van der Waals surface area contributed by atoms with Crippen LogP contribution in [0.3, 0.4) is 0 Å². The van der Waals surface area contributed by atoms with Crippen molar-refractivity contribution in [2.24, 2.45) is 0 Å². The van der Waals surface area contributed by atoms with E-state index in [1.165, 1.54) is 6.07 Å². The molecule has 0 bridgehead atoms. The third kappa shape index (κ3) is 3.54. The van der Waals surface area contributed by atoms with E-state index in [1.54, 1.807) is 12.1 Å². The van der Waals surface area contributed by atoms with Crippen LogP contribution >= 0.6 is 0 Å². The molecule has 0 aliphatic carbocycles. The molecule has 1 aliphatic rings. The van der Waals surface area contributed by atoms with Crippen molar-refractivity contribution >= 4 is 23.2 Å². The van der Waals surface area contributed by atoms with Gasteiger partial charge in [0.05, 0.1) is 11.5 Å². The van der Waals surface area contributed by atoms with Crippen LogP contribution in [0, 0.1) is 10.1 Å². The Morgan fingerprint density at radius 1 is 1.52 bits per heavy atom. The Morgan fingerprint density at radius 2 is 2.29 bits per heavy atom. The first-order chi connectivity index (χ1) is 10.0. The molecule has 1 heterocycles. The monoisotopic (exact) mass is 292 g/mol. The number of nitrogens with zero attached hydrogens (tertiary/aromatic N) is 1. The Balaban J connectivity index is 2.09. The second-order valence-electron chi connectivity index (χ2n) is 4.68. The number of rotatable bonds is 4. The predicted molar refractivity (Wildman–Crippen MR) is 75.9 cm³/mol. The Morgan fingerprint density at radius 3 is 2.86 bits per heavy atom. The van der Waals surface area contributed by atoms with Gasteiger partial charge in [-0.2, -0.15) is 0 Å². The van der Waals surface area contributed by atoms with Crippen molar-refractivity contribution < 1.29 is 14.5 Å². The minimum absolute atomic E-state index is 0.0137. The van der Waals surface area contributed by atoms with Gasteiger partial charge in [-0.05, 0) is 12.5 Å². The highest BCUT2D eigenvalue weighted by atomic mass is 16.6. The fraction of sp³-hybridized carbons (Fsp3) is 0.385. The predicted octanol–water partition coefficient (Wildman–Crippen LogP) is 0.184. The highest BCUT2D eigenvalue weighted by Gasteiger charge is 2.24. The molecule has 1 unspecified atom stereocenters. The molecule has 112 valence electrons. The third-order valence-electron chi connectivity index (χ3n) is 3.26. The first-order valence-electron chi connectivity index (χ1n) is 6.59. The lowest BCUT2D eigenvalue weighted by Crippen LogP contribution is -2.56. The first-order valence-corrected chi connectivity index (χ1v) is 6.59. The molecule has 2 amide bonds. The average Bonchev–Trinajstić information content (AvgIpc) is 2.47. The number of hydrogen-bond donors (Lipinski definition) is 3. The van der Waals surface area contributed by atoms with E-state index in [4.69, 9.17) is 0 Å². The molecule has 8 heteroatoms. The summed E-state index contributed by atoms with van der Waals surface area (Å²) >= 11 is 0. The summed E-state index contributed by atoms with van der Waals surface area (Å²) in [5.41, 5.74) is 0.962. The largest absolute Gasteiger partial charge is 0.353 e. The average molecular weight is 292 g/mol. The molecule has 1 saturated heterocycles. The summed E-state index contributed by atoms with van der Waals surface area (Å²) in [6, 6.07) is 4.06. The molecule has 0 saturated carbocycles. The number of carbonyl (C=O) groups excluding carboxylic acids is 2. The Kier molecular flexibility index (Phi) is 4.49. The van der Waals surface area contributed by atoms with Crippen LogP contribution in [0.1, 0.15) is 12.5 Å². The summed E-state index contributed by atoms with van der Waals surface area (Å²) in [6.07, 6.45) is 0.542. The van der Waals surface area contributed by atoms with E-state index in [1.807, 2.05) is 6.92 Å². The van der Waals surface area contributed by atoms with E-state index in [0.717, 1.165) is 0 Å². The van der Waals surface area contributed by atoms with Crippen LogP contribution in [-0.2, 0) is 16.0 Å². The van der Waals surface area contributed by atoms with Crippen LogP contribution in [0.15, 0.2) is 18.2 Å². The first kappa shape index (κ1) is 14.9. The van der Waals surface area contributed by atoms with Crippen molar-refractivity contribution in [1.82, 2.24) is 10.6 Å². The van der Waals surface area contributed by atoms with Crippen molar-refractivity contribution in [2.75, 3.05) is 18.4 Å². The van der Waals surface area contributed by atoms with E-state index in [9.17, 15) is 19.7 Å². The van der Waals surface area contributed by atoms with Gasteiger partial charge in [-0.3, -0.25) is 25.0 Å². The van der Waals surface area contributed by atoms with Gasteiger partial charge in [0.25, 0.3) is 5.69 Å².